The number of nitrogen functional groups attached to an aromatic ring is 1. The first-order chi connectivity index (χ1) is 6.49. The molecule has 0 amide bonds. The van der Waals surface area contributed by atoms with Crippen LogP contribution in [0.1, 0.15) is 20.3 Å². The zero-order valence-electron chi connectivity index (χ0n) is 8.47. The molecule has 1 aliphatic rings. The summed E-state index contributed by atoms with van der Waals surface area (Å²) in [7, 11) is 0. The van der Waals surface area contributed by atoms with Gasteiger partial charge in [0.1, 0.15) is 5.82 Å². The average Bonchev–Trinajstić information content (AvgIpc) is 2.67. The van der Waals surface area contributed by atoms with E-state index >= 15 is 0 Å². The largest absolute Gasteiger partial charge is 0.397 e. The first kappa shape index (κ1) is 9.31. The Morgan fingerprint density at radius 3 is 2.71 bits per heavy atom. The standard InChI is InChI=1S/C11H15FN2/c1-11(2)6-10(11)14-9-5-7(12)3-4-8(9)13/h3-5,10,14H,6,13H2,1-2H3. The van der Waals surface area contributed by atoms with Gasteiger partial charge in [0.2, 0.25) is 0 Å². The molecule has 1 saturated carbocycles. The third-order valence-electron chi connectivity index (χ3n) is 2.86. The van der Waals surface area contributed by atoms with Crippen LogP contribution in [0.2, 0.25) is 0 Å². The molecule has 0 radical (unpaired) electrons. The summed E-state index contributed by atoms with van der Waals surface area (Å²) in [6, 6.07) is 4.83. The van der Waals surface area contributed by atoms with Gasteiger partial charge in [-0.1, -0.05) is 13.8 Å². The van der Waals surface area contributed by atoms with Crippen LogP contribution in [0, 0.1) is 11.2 Å². The number of hydrogen-bond donors (Lipinski definition) is 2. The number of nitrogens with two attached hydrogens (primary N) is 1. The van der Waals surface area contributed by atoms with Gasteiger partial charge in [-0.2, -0.15) is 0 Å². The van der Waals surface area contributed by atoms with Crippen LogP contribution < -0.4 is 11.1 Å². The Morgan fingerprint density at radius 2 is 2.14 bits per heavy atom. The van der Waals surface area contributed by atoms with Gasteiger partial charge in [-0.15, -0.1) is 0 Å². The smallest absolute Gasteiger partial charge is 0.125 e. The van der Waals surface area contributed by atoms with Crippen LogP contribution in [0.25, 0.3) is 0 Å². The first-order valence-electron chi connectivity index (χ1n) is 4.80. The van der Waals surface area contributed by atoms with E-state index in [4.69, 9.17) is 5.73 Å². The molecule has 1 atom stereocenters. The average molecular weight is 194 g/mol. The van der Waals surface area contributed by atoms with E-state index < -0.39 is 0 Å². The predicted molar refractivity (Wildman–Crippen MR) is 56.6 cm³/mol. The minimum absolute atomic E-state index is 0.250. The molecule has 1 aliphatic carbocycles. The van der Waals surface area contributed by atoms with Crippen LogP contribution in [0.15, 0.2) is 18.2 Å². The monoisotopic (exact) mass is 194 g/mol. The second kappa shape index (κ2) is 2.87. The summed E-state index contributed by atoms with van der Waals surface area (Å²) in [5.41, 5.74) is 7.36. The Bertz CT molecular complexity index is 360. The van der Waals surface area contributed by atoms with Gasteiger partial charge in [0, 0.05) is 6.04 Å². The number of nitrogens with one attached hydrogen (secondary N) is 1. The first-order valence-corrected chi connectivity index (χ1v) is 4.80. The molecule has 1 unspecified atom stereocenters. The normalized spacial score (nSPS) is 23.2. The van der Waals surface area contributed by atoms with E-state index in [9.17, 15) is 4.39 Å². The van der Waals surface area contributed by atoms with E-state index in [0.717, 1.165) is 6.42 Å². The van der Waals surface area contributed by atoms with Crippen LogP contribution in [-0.4, -0.2) is 6.04 Å². The summed E-state index contributed by atoms with van der Waals surface area (Å²) < 4.78 is 12.9. The molecule has 0 saturated heterocycles. The van der Waals surface area contributed by atoms with Crippen molar-refractivity contribution in [2.45, 2.75) is 26.3 Å². The molecule has 1 aromatic rings. The molecule has 0 aliphatic heterocycles. The molecule has 2 nitrogen and oxygen atoms in total. The van der Waals surface area contributed by atoms with Crippen molar-refractivity contribution in [3.8, 4) is 0 Å². The van der Waals surface area contributed by atoms with E-state index in [2.05, 4.69) is 19.2 Å². The van der Waals surface area contributed by atoms with Crippen molar-refractivity contribution in [1.82, 2.24) is 0 Å². The maximum absolute atomic E-state index is 12.9. The Hall–Kier alpha value is -1.25. The van der Waals surface area contributed by atoms with Crippen molar-refractivity contribution in [3.05, 3.63) is 24.0 Å². The molecular formula is C11H15FN2. The zero-order valence-corrected chi connectivity index (χ0v) is 8.47. The Labute approximate surface area is 83.3 Å². The van der Waals surface area contributed by atoms with Crippen LogP contribution in [-0.2, 0) is 0 Å². The predicted octanol–water partition coefficient (Wildman–Crippen LogP) is 2.62. The summed E-state index contributed by atoms with van der Waals surface area (Å²) in [5.74, 6) is -0.250. The molecule has 76 valence electrons. The fourth-order valence-electron chi connectivity index (χ4n) is 1.55. The molecule has 3 N–H and O–H groups in total. The summed E-state index contributed by atoms with van der Waals surface area (Å²) >= 11 is 0. The molecule has 1 fully saturated rings. The fraction of sp³-hybridized carbons (Fsp3) is 0.455. The van der Waals surface area contributed by atoms with Crippen molar-refractivity contribution in [3.63, 3.8) is 0 Å². The number of benzene rings is 1. The van der Waals surface area contributed by atoms with Crippen molar-refractivity contribution in [2.24, 2.45) is 5.41 Å². The third kappa shape index (κ3) is 1.67. The highest BCUT2D eigenvalue weighted by Crippen LogP contribution is 2.47. The maximum atomic E-state index is 12.9. The Kier molecular flexibility index (Phi) is 1.91. The van der Waals surface area contributed by atoms with Gasteiger partial charge >= 0.3 is 0 Å². The highest BCUT2D eigenvalue weighted by atomic mass is 19.1. The topological polar surface area (TPSA) is 38.0 Å². The van der Waals surface area contributed by atoms with E-state index in [1.165, 1.54) is 12.1 Å². The van der Waals surface area contributed by atoms with Crippen LogP contribution in [0.3, 0.4) is 0 Å². The molecule has 0 aromatic heterocycles. The molecular weight excluding hydrogens is 179 g/mol. The molecule has 1 aromatic carbocycles. The second-order valence-corrected chi connectivity index (χ2v) is 4.62. The molecule has 0 spiro atoms. The van der Waals surface area contributed by atoms with Crippen molar-refractivity contribution < 1.29 is 4.39 Å². The lowest BCUT2D eigenvalue weighted by Gasteiger charge is -2.10. The number of anilines is 2. The van der Waals surface area contributed by atoms with Crippen LogP contribution in [0.5, 0.6) is 0 Å². The summed E-state index contributed by atoms with van der Waals surface area (Å²) in [4.78, 5) is 0. The highest BCUT2D eigenvalue weighted by Gasteiger charge is 2.45. The number of halogens is 1. The van der Waals surface area contributed by atoms with Crippen molar-refractivity contribution in [2.75, 3.05) is 11.1 Å². The van der Waals surface area contributed by atoms with Gasteiger partial charge in [0.15, 0.2) is 0 Å². The third-order valence-corrected chi connectivity index (χ3v) is 2.86. The van der Waals surface area contributed by atoms with Gasteiger partial charge in [-0.25, -0.2) is 4.39 Å². The van der Waals surface area contributed by atoms with Gasteiger partial charge in [-0.3, -0.25) is 0 Å². The Morgan fingerprint density at radius 1 is 1.50 bits per heavy atom. The minimum atomic E-state index is -0.250. The van der Waals surface area contributed by atoms with E-state index in [-0.39, 0.29) is 5.82 Å². The highest BCUT2D eigenvalue weighted by molar-refractivity contribution is 5.66. The SMILES string of the molecule is CC1(C)CC1Nc1cc(F)ccc1N. The van der Waals surface area contributed by atoms with Gasteiger partial charge < -0.3 is 11.1 Å². The molecule has 2 rings (SSSR count). The van der Waals surface area contributed by atoms with Gasteiger partial charge in [0.25, 0.3) is 0 Å². The lowest BCUT2D eigenvalue weighted by Crippen LogP contribution is -2.10. The van der Waals surface area contributed by atoms with E-state index in [1.807, 2.05) is 0 Å². The van der Waals surface area contributed by atoms with E-state index in [1.54, 1.807) is 6.07 Å². The minimum Gasteiger partial charge on any atom is -0.397 e. The summed E-state index contributed by atoms with van der Waals surface area (Å²) in [6.45, 7) is 4.36. The van der Waals surface area contributed by atoms with Gasteiger partial charge in [-0.05, 0) is 30.0 Å². The fourth-order valence-corrected chi connectivity index (χ4v) is 1.55. The lowest BCUT2D eigenvalue weighted by atomic mass is 10.2. The van der Waals surface area contributed by atoms with Crippen LogP contribution >= 0.6 is 0 Å². The maximum Gasteiger partial charge on any atom is 0.125 e. The molecule has 14 heavy (non-hydrogen) atoms. The van der Waals surface area contributed by atoms with Gasteiger partial charge in [0.05, 0.1) is 11.4 Å². The number of rotatable bonds is 2. The van der Waals surface area contributed by atoms with Crippen molar-refractivity contribution >= 4 is 11.4 Å². The lowest BCUT2D eigenvalue weighted by molar-refractivity contribution is 0.623. The molecule has 0 heterocycles. The van der Waals surface area contributed by atoms with Crippen LogP contribution in [0.4, 0.5) is 15.8 Å². The summed E-state index contributed by atoms with van der Waals surface area (Å²) in [5, 5.41) is 3.25. The van der Waals surface area contributed by atoms with E-state index in [0.29, 0.717) is 22.8 Å². The number of hydrogen-bond acceptors (Lipinski definition) is 2. The summed E-state index contributed by atoms with van der Waals surface area (Å²) in [6.07, 6.45) is 1.11. The van der Waals surface area contributed by atoms with Crippen molar-refractivity contribution in [1.29, 1.82) is 0 Å². The molecule has 3 heteroatoms. The quantitative estimate of drug-likeness (QED) is 0.710. The Balaban J connectivity index is 2.13. The zero-order chi connectivity index (χ0) is 10.3. The second-order valence-electron chi connectivity index (χ2n) is 4.62. The molecule has 0 bridgehead atoms.